The van der Waals surface area contributed by atoms with E-state index >= 15 is 0 Å². The molecule has 7 heteroatoms. The van der Waals surface area contributed by atoms with Gasteiger partial charge >= 0.3 is 0 Å². The number of para-hydroxylation sites is 1. The number of fused-ring (bicyclic) bond motifs is 1. The summed E-state index contributed by atoms with van der Waals surface area (Å²) < 4.78 is 5.43. The van der Waals surface area contributed by atoms with Crippen LogP contribution in [0.5, 0.6) is 0 Å². The minimum atomic E-state index is 0. The summed E-state index contributed by atoms with van der Waals surface area (Å²) in [5.41, 5.74) is 3.55. The van der Waals surface area contributed by atoms with Gasteiger partial charge in [-0.15, -0.1) is 12.4 Å². The average molecular weight is 349 g/mol. The molecule has 0 atom stereocenters. The first-order valence-corrected chi connectivity index (χ1v) is 8.23. The molecule has 2 aromatic heterocycles. The lowest BCUT2D eigenvalue weighted by molar-refractivity contribution is 0.376. The fraction of sp³-hybridized carbons (Fsp3) is 0.250. The molecule has 0 radical (unpaired) electrons. The van der Waals surface area contributed by atoms with E-state index in [0.29, 0.717) is 18.3 Å². The van der Waals surface area contributed by atoms with Crippen molar-refractivity contribution >= 4 is 29.4 Å². The smallest absolute Gasteiger partial charge is 0.246 e. The van der Waals surface area contributed by atoms with Gasteiger partial charge in [0.1, 0.15) is 0 Å². The maximum atomic E-state index is 5.43. The van der Waals surface area contributed by atoms with Crippen LogP contribution in [-0.2, 0) is 13.1 Å². The Bertz CT molecular complexity index is 759. The van der Waals surface area contributed by atoms with Gasteiger partial charge in [-0.2, -0.15) is 16.3 Å². The van der Waals surface area contributed by atoms with E-state index in [0.717, 1.165) is 25.2 Å². The molecule has 1 aromatic carbocycles. The van der Waals surface area contributed by atoms with Gasteiger partial charge in [0.05, 0.1) is 6.54 Å². The largest absolute Gasteiger partial charge is 0.361 e. The fourth-order valence-corrected chi connectivity index (χ4v) is 3.32. The number of hydrogen-bond acceptors (Lipinski definition) is 6. The number of hydrogen-bond donors (Lipinski definition) is 1. The monoisotopic (exact) mass is 348 g/mol. The van der Waals surface area contributed by atoms with E-state index in [4.69, 9.17) is 4.52 Å². The van der Waals surface area contributed by atoms with Gasteiger partial charge < -0.3 is 14.7 Å². The molecule has 3 heterocycles. The molecular formula is C16H17ClN4OS. The molecule has 1 aliphatic heterocycles. The van der Waals surface area contributed by atoms with Crippen molar-refractivity contribution in [2.45, 2.75) is 13.1 Å². The highest BCUT2D eigenvalue weighted by atomic mass is 35.5. The zero-order valence-electron chi connectivity index (χ0n) is 12.4. The first-order valence-electron chi connectivity index (χ1n) is 7.29. The van der Waals surface area contributed by atoms with Gasteiger partial charge in [-0.1, -0.05) is 23.4 Å². The molecule has 1 N–H and O–H groups in total. The number of benzene rings is 1. The molecular weight excluding hydrogens is 332 g/mol. The van der Waals surface area contributed by atoms with Gasteiger partial charge in [-0.3, -0.25) is 0 Å². The van der Waals surface area contributed by atoms with E-state index in [1.165, 1.54) is 11.3 Å². The number of rotatable bonds is 3. The first kappa shape index (κ1) is 16.0. The van der Waals surface area contributed by atoms with Gasteiger partial charge in [0.25, 0.3) is 0 Å². The molecule has 3 aromatic rings. The number of halogens is 1. The van der Waals surface area contributed by atoms with E-state index < -0.39 is 0 Å². The van der Waals surface area contributed by atoms with E-state index in [2.05, 4.69) is 44.6 Å². The van der Waals surface area contributed by atoms with Crippen molar-refractivity contribution in [1.82, 2.24) is 15.5 Å². The zero-order chi connectivity index (χ0) is 14.8. The van der Waals surface area contributed by atoms with Crippen molar-refractivity contribution < 1.29 is 4.52 Å². The highest BCUT2D eigenvalue weighted by Gasteiger charge is 2.18. The third-order valence-corrected chi connectivity index (χ3v) is 4.46. The van der Waals surface area contributed by atoms with Gasteiger partial charge in [0.2, 0.25) is 11.7 Å². The summed E-state index contributed by atoms with van der Waals surface area (Å²) in [6.45, 7) is 3.40. The molecule has 0 amide bonds. The topological polar surface area (TPSA) is 54.2 Å². The standard InChI is InChI=1S/C16H16N4OS.ClH/c1-2-4-14-12(3-1)9-17-6-7-20(14)10-15-18-16(19-21-15)13-5-8-22-11-13;/h1-5,8,11,17H,6-7,9-10H2;1H. The molecule has 1 aliphatic rings. The molecule has 0 unspecified atom stereocenters. The van der Waals surface area contributed by atoms with Crippen molar-refractivity contribution in [3.8, 4) is 11.4 Å². The second-order valence-electron chi connectivity index (χ2n) is 5.25. The molecule has 0 saturated carbocycles. The van der Waals surface area contributed by atoms with E-state index in [-0.39, 0.29) is 12.4 Å². The maximum absolute atomic E-state index is 5.43. The summed E-state index contributed by atoms with van der Waals surface area (Å²) in [4.78, 5) is 6.81. The van der Waals surface area contributed by atoms with Crippen LogP contribution < -0.4 is 10.2 Å². The van der Waals surface area contributed by atoms with Crippen molar-refractivity contribution in [1.29, 1.82) is 0 Å². The highest BCUT2D eigenvalue weighted by Crippen LogP contribution is 2.24. The van der Waals surface area contributed by atoms with Crippen LogP contribution in [0.1, 0.15) is 11.5 Å². The average Bonchev–Trinajstić information content (AvgIpc) is 3.18. The molecule has 23 heavy (non-hydrogen) atoms. The predicted molar refractivity (Wildman–Crippen MR) is 94.1 cm³/mol. The van der Waals surface area contributed by atoms with Crippen molar-refractivity contribution in [3.63, 3.8) is 0 Å². The molecule has 0 saturated heterocycles. The summed E-state index contributed by atoms with van der Waals surface area (Å²) >= 11 is 1.63. The van der Waals surface area contributed by atoms with E-state index in [1.807, 2.05) is 16.8 Å². The Morgan fingerprint density at radius 2 is 2.17 bits per heavy atom. The van der Waals surface area contributed by atoms with Gasteiger partial charge in [0, 0.05) is 36.3 Å². The quantitative estimate of drug-likeness (QED) is 0.786. The van der Waals surface area contributed by atoms with E-state index in [9.17, 15) is 0 Å². The fourth-order valence-electron chi connectivity index (χ4n) is 2.68. The van der Waals surface area contributed by atoms with Crippen LogP contribution in [0.2, 0.25) is 0 Å². The molecule has 4 rings (SSSR count). The Morgan fingerprint density at radius 3 is 3.04 bits per heavy atom. The predicted octanol–water partition coefficient (Wildman–Crippen LogP) is 3.33. The number of thiophene rings is 1. The van der Waals surface area contributed by atoms with Crippen LogP contribution in [0, 0.1) is 0 Å². The Morgan fingerprint density at radius 1 is 1.26 bits per heavy atom. The summed E-state index contributed by atoms with van der Waals surface area (Å²) in [6.07, 6.45) is 0. The lowest BCUT2D eigenvalue weighted by Gasteiger charge is -2.22. The summed E-state index contributed by atoms with van der Waals surface area (Å²) in [5.74, 6) is 1.32. The van der Waals surface area contributed by atoms with Crippen LogP contribution in [0.25, 0.3) is 11.4 Å². The summed E-state index contributed by atoms with van der Waals surface area (Å²) in [6, 6.07) is 10.5. The van der Waals surface area contributed by atoms with Crippen LogP contribution in [0.3, 0.4) is 0 Å². The zero-order valence-corrected chi connectivity index (χ0v) is 14.1. The van der Waals surface area contributed by atoms with Gasteiger partial charge in [-0.25, -0.2) is 0 Å². The summed E-state index contributed by atoms with van der Waals surface area (Å²) in [5, 5.41) is 11.6. The Kier molecular flexibility index (Phi) is 4.95. The molecule has 0 spiro atoms. The van der Waals surface area contributed by atoms with Gasteiger partial charge in [-0.05, 0) is 23.1 Å². The van der Waals surface area contributed by atoms with Crippen molar-refractivity contribution in [2.24, 2.45) is 0 Å². The Labute approximate surface area is 144 Å². The SMILES string of the molecule is Cl.c1ccc2c(c1)CNCCN2Cc1nc(-c2ccsc2)no1. The molecule has 5 nitrogen and oxygen atoms in total. The number of nitrogens with zero attached hydrogens (tertiary/aromatic N) is 3. The van der Waals surface area contributed by atoms with Crippen LogP contribution in [-0.4, -0.2) is 23.2 Å². The van der Waals surface area contributed by atoms with Crippen molar-refractivity contribution in [3.05, 3.63) is 52.5 Å². The lowest BCUT2D eigenvalue weighted by Crippen LogP contribution is -2.28. The minimum Gasteiger partial charge on any atom is -0.361 e. The Hall–Kier alpha value is -1.89. The van der Waals surface area contributed by atoms with Crippen LogP contribution >= 0.6 is 23.7 Å². The Balaban J connectivity index is 0.00000156. The maximum Gasteiger partial charge on any atom is 0.246 e. The molecule has 120 valence electrons. The normalized spacial score (nSPS) is 14.0. The second kappa shape index (κ2) is 7.12. The van der Waals surface area contributed by atoms with E-state index in [1.54, 1.807) is 11.3 Å². The van der Waals surface area contributed by atoms with Crippen LogP contribution in [0.4, 0.5) is 5.69 Å². The minimum absolute atomic E-state index is 0. The molecule has 0 fully saturated rings. The summed E-state index contributed by atoms with van der Waals surface area (Å²) in [7, 11) is 0. The number of nitrogens with one attached hydrogen (secondary N) is 1. The van der Waals surface area contributed by atoms with Gasteiger partial charge in [0.15, 0.2) is 0 Å². The molecule has 0 aliphatic carbocycles. The molecule has 0 bridgehead atoms. The van der Waals surface area contributed by atoms with Crippen LogP contribution in [0.15, 0.2) is 45.6 Å². The number of aromatic nitrogens is 2. The lowest BCUT2D eigenvalue weighted by atomic mass is 10.1. The third kappa shape index (κ3) is 3.39. The second-order valence-corrected chi connectivity index (χ2v) is 6.03. The third-order valence-electron chi connectivity index (χ3n) is 3.78. The van der Waals surface area contributed by atoms with Crippen molar-refractivity contribution in [2.75, 3.05) is 18.0 Å². The first-order chi connectivity index (χ1) is 10.9. The number of anilines is 1. The highest BCUT2D eigenvalue weighted by molar-refractivity contribution is 7.08.